The van der Waals surface area contributed by atoms with Crippen molar-refractivity contribution in [2.24, 2.45) is 0 Å². The van der Waals surface area contributed by atoms with E-state index in [9.17, 15) is 0 Å². The van der Waals surface area contributed by atoms with Gasteiger partial charge >= 0.3 is 0 Å². The lowest BCUT2D eigenvalue weighted by molar-refractivity contribution is 0.410. The topological polar surface area (TPSA) is 9.23 Å². The Hall–Kier alpha value is 0.310. The summed E-state index contributed by atoms with van der Waals surface area (Å²) in [4.78, 5) is 0. The molecule has 0 atom stereocenters. The van der Waals surface area contributed by atoms with E-state index in [2.05, 4.69) is 17.1 Å². The largest absolute Gasteiger partial charge is 0.304 e. The third kappa shape index (κ3) is 2.31. The van der Waals surface area contributed by atoms with Gasteiger partial charge in [-0.15, -0.1) is 0 Å². The maximum absolute atomic E-state index is 4.12. The van der Waals surface area contributed by atoms with Crippen molar-refractivity contribution in [3.05, 3.63) is 0 Å². The normalized spacial score (nSPS) is 7.50. The molecule has 0 aliphatic carbocycles. The number of hydrogen-bond acceptors (Lipinski definition) is 1. The fourth-order valence-electron chi connectivity index (χ4n) is 0. The summed E-state index contributed by atoms with van der Waals surface area (Å²) >= 11 is 4.05. The SMILES string of the molecule is CCO[S]. The predicted octanol–water partition coefficient (Wildman–Crippen LogP) is 1.14. The van der Waals surface area contributed by atoms with Crippen LogP contribution >= 0.6 is 12.9 Å². The van der Waals surface area contributed by atoms with Crippen molar-refractivity contribution in [2.45, 2.75) is 6.92 Å². The summed E-state index contributed by atoms with van der Waals surface area (Å²) in [5, 5.41) is 0. The molecule has 25 valence electrons. The fourth-order valence-corrected chi connectivity index (χ4v) is 0. The monoisotopic (exact) mass is 77.0 g/mol. The minimum absolute atomic E-state index is 0.634. The van der Waals surface area contributed by atoms with Gasteiger partial charge in [0.15, 0.2) is 0 Å². The fraction of sp³-hybridized carbons (Fsp3) is 1.00. The summed E-state index contributed by atoms with van der Waals surface area (Å²) in [6, 6.07) is 0. The van der Waals surface area contributed by atoms with Crippen LogP contribution in [0.25, 0.3) is 0 Å². The van der Waals surface area contributed by atoms with Crippen molar-refractivity contribution in [3.63, 3.8) is 0 Å². The van der Waals surface area contributed by atoms with E-state index in [4.69, 9.17) is 0 Å². The van der Waals surface area contributed by atoms with Crippen molar-refractivity contribution in [2.75, 3.05) is 6.61 Å². The van der Waals surface area contributed by atoms with Crippen LogP contribution < -0.4 is 0 Å². The van der Waals surface area contributed by atoms with E-state index in [0.717, 1.165) is 0 Å². The maximum atomic E-state index is 4.12. The van der Waals surface area contributed by atoms with Crippen molar-refractivity contribution < 1.29 is 4.18 Å². The molecule has 0 saturated heterocycles. The maximum Gasteiger partial charge on any atom is 0.0925 e. The lowest BCUT2D eigenvalue weighted by atomic mass is 10.9. The zero-order valence-corrected chi connectivity index (χ0v) is 3.34. The second-order valence-corrected chi connectivity index (χ2v) is 0.642. The molecule has 0 aliphatic heterocycles. The molecule has 2 heteroatoms. The second kappa shape index (κ2) is 3.31. The Morgan fingerprint density at radius 2 is 2.25 bits per heavy atom. The minimum atomic E-state index is 0.634. The van der Waals surface area contributed by atoms with Crippen LogP contribution in [0.5, 0.6) is 0 Å². The van der Waals surface area contributed by atoms with Crippen LogP contribution in [0.1, 0.15) is 6.92 Å². The van der Waals surface area contributed by atoms with Gasteiger partial charge in [0, 0.05) is 0 Å². The van der Waals surface area contributed by atoms with Gasteiger partial charge in [-0.05, 0) is 6.92 Å². The van der Waals surface area contributed by atoms with Crippen LogP contribution in [-0.2, 0) is 4.18 Å². The zero-order chi connectivity index (χ0) is 3.41. The lowest BCUT2D eigenvalue weighted by Crippen LogP contribution is -1.64. The van der Waals surface area contributed by atoms with Gasteiger partial charge in [-0.1, -0.05) is 0 Å². The van der Waals surface area contributed by atoms with Crippen LogP contribution in [-0.4, -0.2) is 6.61 Å². The molecule has 4 heavy (non-hydrogen) atoms. The van der Waals surface area contributed by atoms with Crippen LogP contribution in [0, 0.1) is 0 Å². The first-order valence-corrected chi connectivity index (χ1v) is 1.50. The molecule has 0 rings (SSSR count). The van der Waals surface area contributed by atoms with Gasteiger partial charge in [0.2, 0.25) is 0 Å². The first-order chi connectivity index (χ1) is 1.91. The summed E-state index contributed by atoms with van der Waals surface area (Å²) in [6.07, 6.45) is 0. The molecule has 0 aromatic heterocycles. The molecular weight excluding hydrogens is 72.1 g/mol. The molecule has 0 N–H and O–H groups in total. The Balaban J connectivity index is 1.97. The number of hydrogen-bond donors (Lipinski definition) is 0. The van der Waals surface area contributed by atoms with Crippen molar-refractivity contribution in [1.29, 1.82) is 0 Å². The Morgan fingerprint density at radius 3 is 2.25 bits per heavy atom. The van der Waals surface area contributed by atoms with Gasteiger partial charge in [0.05, 0.1) is 19.5 Å². The molecule has 0 saturated carbocycles. The van der Waals surface area contributed by atoms with Gasteiger partial charge in [-0.25, -0.2) is 0 Å². The van der Waals surface area contributed by atoms with Crippen LogP contribution in [0.2, 0.25) is 0 Å². The van der Waals surface area contributed by atoms with E-state index in [1.54, 1.807) is 0 Å². The first-order valence-electron chi connectivity index (χ1n) is 1.16. The van der Waals surface area contributed by atoms with Gasteiger partial charge in [-0.2, -0.15) is 0 Å². The minimum Gasteiger partial charge on any atom is -0.304 e. The molecule has 0 unspecified atom stereocenters. The second-order valence-electron chi connectivity index (χ2n) is 0.407. The van der Waals surface area contributed by atoms with E-state index >= 15 is 0 Å². The highest BCUT2D eigenvalue weighted by molar-refractivity contribution is 7.75. The van der Waals surface area contributed by atoms with Crippen molar-refractivity contribution >= 4 is 12.9 Å². The van der Waals surface area contributed by atoms with Gasteiger partial charge in [0.1, 0.15) is 0 Å². The van der Waals surface area contributed by atoms with Crippen LogP contribution in [0.3, 0.4) is 0 Å². The average Bonchev–Trinajstić information content (AvgIpc) is 1.37. The summed E-state index contributed by atoms with van der Waals surface area (Å²) in [7, 11) is 0. The summed E-state index contributed by atoms with van der Waals surface area (Å²) < 4.78 is 4.12. The zero-order valence-electron chi connectivity index (χ0n) is 2.52. The molecule has 0 aliphatic rings. The first kappa shape index (κ1) is 4.31. The summed E-state index contributed by atoms with van der Waals surface area (Å²) in [5.74, 6) is 0. The molecule has 0 fully saturated rings. The Morgan fingerprint density at radius 1 is 2.00 bits per heavy atom. The molecule has 0 aromatic rings. The van der Waals surface area contributed by atoms with Crippen molar-refractivity contribution in [1.82, 2.24) is 0 Å². The van der Waals surface area contributed by atoms with E-state index in [1.807, 2.05) is 6.92 Å². The molecule has 1 radical (unpaired) electrons. The highest BCUT2D eigenvalue weighted by Crippen LogP contribution is 1.69. The third-order valence-corrected chi connectivity index (χ3v) is 0.354. The smallest absolute Gasteiger partial charge is 0.0925 e. The lowest BCUT2D eigenvalue weighted by Gasteiger charge is -1.71. The summed E-state index contributed by atoms with van der Waals surface area (Å²) in [6.45, 7) is 2.49. The quantitative estimate of drug-likeness (QED) is 0.456. The van der Waals surface area contributed by atoms with E-state index in [0.29, 0.717) is 6.61 Å². The van der Waals surface area contributed by atoms with Crippen LogP contribution in [0.15, 0.2) is 0 Å². The highest BCUT2D eigenvalue weighted by Gasteiger charge is 1.55. The average molecular weight is 77.1 g/mol. The van der Waals surface area contributed by atoms with Gasteiger partial charge in [0.25, 0.3) is 0 Å². The Kier molecular flexibility index (Phi) is 3.57. The van der Waals surface area contributed by atoms with Crippen LogP contribution in [0.4, 0.5) is 0 Å². The van der Waals surface area contributed by atoms with E-state index in [-0.39, 0.29) is 0 Å². The van der Waals surface area contributed by atoms with Gasteiger partial charge in [-0.3, -0.25) is 0 Å². The highest BCUT2D eigenvalue weighted by atomic mass is 32.1. The molecule has 0 aromatic carbocycles. The van der Waals surface area contributed by atoms with Crippen molar-refractivity contribution in [3.8, 4) is 0 Å². The molecular formula is C2H5OS. The third-order valence-electron chi connectivity index (χ3n) is 0.118. The molecule has 1 nitrogen and oxygen atoms in total. The van der Waals surface area contributed by atoms with Gasteiger partial charge < -0.3 is 4.18 Å². The number of rotatable bonds is 1. The molecule has 0 spiro atoms. The standard InChI is InChI=1S/C2H5OS/c1-2-3-4/h2H2,1H3. The van der Waals surface area contributed by atoms with E-state index in [1.165, 1.54) is 0 Å². The predicted molar refractivity (Wildman–Crippen MR) is 19.2 cm³/mol. The molecule has 0 heterocycles. The summed E-state index contributed by atoms with van der Waals surface area (Å²) in [5.41, 5.74) is 0. The molecule has 0 bridgehead atoms. The Labute approximate surface area is 31.6 Å². The van der Waals surface area contributed by atoms with E-state index < -0.39 is 0 Å². The molecule has 0 amide bonds. The Bertz CT molecular complexity index is 8.00.